The fourth-order valence-electron chi connectivity index (χ4n) is 8.40. The van der Waals surface area contributed by atoms with E-state index in [1.807, 2.05) is 0 Å². The molecule has 4 aliphatic rings. The van der Waals surface area contributed by atoms with Gasteiger partial charge < -0.3 is 99.8 Å². The molecule has 20 atom stereocenters. The van der Waals surface area contributed by atoms with Crippen molar-refractivity contribution < 1.29 is 133 Å². The summed E-state index contributed by atoms with van der Waals surface area (Å²) in [6, 6.07) is 0. The average molecular weight is 1020 g/mol. The van der Waals surface area contributed by atoms with Crippen molar-refractivity contribution in [3.8, 4) is 0 Å². The zero-order chi connectivity index (χ0) is 52.1. The van der Waals surface area contributed by atoms with Crippen molar-refractivity contribution in [3.63, 3.8) is 0 Å². The number of carbonyl (C=O) groups excluding carboxylic acids is 7. The Morgan fingerprint density at radius 2 is 0.729 bits per heavy atom. The molecule has 4 aliphatic heterocycles. The summed E-state index contributed by atoms with van der Waals surface area (Å²) in [5.74, 6) is -6.28. The van der Waals surface area contributed by atoms with Gasteiger partial charge in [0.25, 0.3) is 0 Å². The van der Waals surface area contributed by atoms with Crippen molar-refractivity contribution in [3.05, 3.63) is 0 Å². The highest BCUT2D eigenvalue weighted by Crippen LogP contribution is 2.39. The molecule has 28 heteroatoms. The third kappa shape index (κ3) is 14.0. The maximum Gasteiger partial charge on any atom is 0.337 e. The van der Waals surface area contributed by atoms with Gasteiger partial charge in [0, 0.05) is 77.3 Å². The minimum absolute atomic E-state index is 0.435. The lowest BCUT2D eigenvalue weighted by Crippen LogP contribution is -2.69. The van der Waals surface area contributed by atoms with Gasteiger partial charge in [-0.05, 0) is 0 Å². The molecule has 0 aromatic heterocycles. The normalized spacial score (nSPS) is 37.5. The van der Waals surface area contributed by atoms with Crippen molar-refractivity contribution in [1.82, 2.24) is 0 Å². The summed E-state index contributed by atoms with van der Waals surface area (Å²) >= 11 is 0. The Morgan fingerprint density at radius 1 is 0.371 bits per heavy atom. The summed E-state index contributed by atoms with van der Waals surface area (Å²) in [5.41, 5.74) is 0. The van der Waals surface area contributed by atoms with E-state index < -0.39 is 178 Å². The van der Waals surface area contributed by atoms with E-state index in [9.17, 15) is 38.7 Å². The van der Waals surface area contributed by atoms with E-state index in [1.165, 1.54) is 42.7 Å². The van der Waals surface area contributed by atoms with Crippen LogP contribution < -0.4 is 0 Å². The van der Waals surface area contributed by atoms with Gasteiger partial charge in [-0.1, -0.05) is 0 Å². The largest absolute Gasteiger partial charge is 0.467 e. The van der Waals surface area contributed by atoms with E-state index in [4.69, 9.17) is 94.7 Å². The molecule has 8 unspecified atom stereocenters. The first-order valence-electron chi connectivity index (χ1n) is 21.6. The maximum absolute atomic E-state index is 13.8. The van der Waals surface area contributed by atoms with Crippen LogP contribution in [0.3, 0.4) is 0 Å². The van der Waals surface area contributed by atoms with Crippen LogP contribution in [-0.4, -0.2) is 240 Å². The standard InChI is InChI=1S/C42H64O28/c1-16(43)59-14-21-24(28(52-7)35(62-19(4)46)39(58-13)64-21)66-41-34(55-10)29(53-8)31(32(70-41)38(50)57-12)69-42-36(63-20(5)47)30(61-18(3)45)25(22(65-42)15-60-17(2)44)67-40-33(54-9)26(51-6)23(48)27(68-40)37(49)56-11/h21-36,39-42,48H,14-15H2,1-13H3/t21?,22-,23-,24+,25+,26-,27?,28-,29?,30?,31-,32+,33?,34?,35?,36?,39-,40+,41-,42+/m0/s1. The lowest BCUT2D eigenvalue weighted by atomic mass is 9.94. The van der Waals surface area contributed by atoms with Gasteiger partial charge in [0.1, 0.15) is 80.4 Å². The first-order valence-corrected chi connectivity index (χ1v) is 21.6. The Bertz CT molecular complexity index is 1760. The molecule has 1 N–H and O–H groups in total. The lowest BCUT2D eigenvalue weighted by Gasteiger charge is -2.51. The van der Waals surface area contributed by atoms with Gasteiger partial charge in [-0.15, -0.1) is 0 Å². The van der Waals surface area contributed by atoms with Crippen LogP contribution in [0.2, 0.25) is 0 Å². The molecule has 4 heterocycles. The van der Waals surface area contributed by atoms with Crippen molar-refractivity contribution in [2.75, 3.05) is 70.1 Å². The Hall–Kier alpha value is -4.27. The number of rotatable bonds is 21. The SMILES string of the molecule is COC(=O)C1O[C@@H](O[C@H]2C(OC(C)=O)C(OC(C)=O)[C@@H](O[C@H]3C(OC)C(OC)[C@@H](O[C@@H]4C(COC(C)=O)O[C@H](OC)C(OC(C)=O)[C@H]4OC)O[C@H]3C(=O)OC)O[C@H]2COC(C)=O)C(OC)[C@@H](OC)[C@@H]1O. The predicted octanol–water partition coefficient (Wildman–Crippen LogP) is -2.61. The summed E-state index contributed by atoms with van der Waals surface area (Å²) in [4.78, 5) is 89.0. The number of carbonyl (C=O) groups is 7. The number of hydrogen-bond donors (Lipinski definition) is 1. The number of esters is 7. The van der Waals surface area contributed by atoms with Gasteiger partial charge in [-0.2, -0.15) is 0 Å². The van der Waals surface area contributed by atoms with E-state index in [1.54, 1.807) is 0 Å². The van der Waals surface area contributed by atoms with E-state index in [2.05, 4.69) is 0 Å². The van der Waals surface area contributed by atoms with Gasteiger partial charge in [0.2, 0.25) is 0 Å². The molecule has 70 heavy (non-hydrogen) atoms. The Labute approximate surface area is 402 Å². The molecule has 0 radical (unpaired) electrons. The van der Waals surface area contributed by atoms with Crippen molar-refractivity contribution in [2.24, 2.45) is 0 Å². The Morgan fingerprint density at radius 3 is 1.16 bits per heavy atom. The summed E-state index contributed by atoms with van der Waals surface area (Å²) in [6.07, 6.45) is -30.6. The molecule has 4 rings (SSSR count). The Kier molecular flexibility index (Phi) is 22.5. The molecule has 0 amide bonds. The molecule has 0 aliphatic carbocycles. The summed E-state index contributed by atoms with van der Waals surface area (Å²) in [7, 11) is 9.54. The van der Waals surface area contributed by atoms with Gasteiger partial charge in [0.15, 0.2) is 55.7 Å². The molecule has 28 nitrogen and oxygen atoms in total. The van der Waals surface area contributed by atoms with Gasteiger partial charge >= 0.3 is 41.8 Å². The zero-order valence-electron chi connectivity index (χ0n) is 40.9. The van der Waals surface area contributed by atoms with E-state index in [0.717, 1.165) is 48.8 Å². The van der Waals surface area contributed by atoms with Crippen LogP contribution in [0.4, 0.5) is 0 Å². The van der Waals surface area contributed by atoms with Crippen LogP contribution in [0.15, 0.2) is 0 Å². The molecule has 0 spiro atoms. The Balaban J connectivity index is 1.81. The first-order chi connectivity index (χ1) is 33.2. The predicted molar refractivity (Wildman–Crippen MR) is 220 cm³/mol. The molecular weight excluding hydrogens is 952 g/mol. The minimum atomic E-state index is -1.91. The smallest absolute Gasteiger partial charge is 0.337 e. The second-order valence-electron chi connectivity index (χ2n) is 15.8. The van der Waals surface area contributed by atoms with Crippen LogP contribution in [-0.2, 0) is 128 Å². The van der Waals surface area contributed by atoms with Crippen molar-refractivity contribution in [1.29, 1.82) is 0 Å². The highest BCUT2D eigenvalue weighted by atomic mass is 16.8. The van der Waals surface area contributed by atoms with Crippen molar-refractivity contribution >= 4 is 41.8 Å². The number of hydrogen-bond acceptors (Lipinski definition) is 28. The lowest BCUT2D eigenvalue weighted by molar-refractivity contribution is -0.387. The van der Waals surface area contributed by atoms with Crippen molar-refractivity contribution in [2.45, 2.75) is 157 Å². The van der Waals surface area contributed by atoms with Crippen LogP contribution >= 0.6 is 0 Å². The second kappa shape index (κ2) is 27.0. The zero-order valence-corrected chi connectivity index (χ0v) is 40.9. The molecular formula is C42H64O28. The summed E-state index contributed by atoms with van der Waals surface area (Å²) in [5, 5.41) is 11.0. The van der Waals surface area contributed by atoms with Gasteiger partial charge in [-0.3, -0.25) is 24.0 Å². The summed E-state index contributed by atoms with van der Waals surface area (Å²) in [6.45, 7) is 4.31. The monoisotopic (exact) mass is 1020 g/mol. The van der Waals surface area contributed by atoms with Crippen LogP contribution in [0.25, 0.3) is 0 Å². The molecule has 0 aromatic carbocycles. The van der Waals surface area contributed by atoms with Gasteiger partial charge in [0.05, 0.1) is 14.2 Å². The average Bonchev–Trinajstić information content (AvgIpc) is 3.31. The molecule has 4 fully saturated rings. The number of aliphatic hydroxyl groups is 1. The maximum atomic E-state index is 13.8. The molecule has 0 saturated carbocycles. The number of aliphatic hydroxyl groups excluding tert-OH is 1. The highest BCUT2D eigenvalue weighted by Gasteiger charge is 2.60. The van der Waals surface area contributed by atoms with Crippen LogP contribution in [0, 0.1) is 0 Å². The molecule has 0 bridgehead atoms. The fourth-order valence-corrected chi connectivity index (χ4v) is 8.40. The highest BCUT2D eigenvalue weighted by molar-refractivity contribution is 5.76. The topological polar surface area (TPSA) is 324 Å². The molecule has 400 valence electrons. The van der Waals surface area contributed by atoms with E-state index in [0.29, 0.717) is 0 Å². The quantitative estimate of drug-likeness (QED) is 0.0909. The summed E-state index contributed by atoms with van der Waals surface area (Å²) < 4.78 is 115. The third-order valence-corrected chi connectivity index (χ3v) is 11.3. The number of methoxy groups -OCH3 is 8. The second-order valence-corrected chi connectivity index (χ2v) is 15.8. The van der Waals surface area contributed by atoms with Crippen LogP contribution in [0.1, 0.15) is 34.6 Å². The van der Waals surface area contributed by atoms with Gasteiger partial charge in [-0.25, -0.2) is 9.59 Å². The molecule has 0 aromatic rings. The van der Waals surface area contributed by atoms with Crippen LogP contribution in [0.5, 0.6) is 0 Å². The third-order valence-electron chi connectivity index (χ3n) is 11.3. The first kappa shape index (κ1) is 58.3. The number of ether oxygens (including phenoxy) is 20. The molecule has 4 saturated heterocycles. The minimum Gasteiger partial charge on any atom is -0.467 e. The fraction of sp³-hybridized carbons (Fsp3) is 0.833. The van der Waals surface area contributed by atoms with E-state index in [-0.39, 0.29) is 0 Å². The van der Waals surface area contributed by atoms with E-state index >= 15 is 0 Å².